The summed E-state index contributed by atoms with van der Waals surface area (Å²) >= 11 is 0. The Hall–Kier alpha value is -2.04. The van der Waals surface area contributed by atoms with E-state index in [4.69, 9.17) is 11.5 Å². The van der Waals surface area contributed by atoms with Crippen LogP contribution in [0.3, 0.4) is 0 Å². The lowest BCUT2D eigenvalue weighted by Crippen LogP contribution is -2.48. The van der Waals surface area contributed by atoms with E-state index in [-0.39, 0.29) is 23.8 Å². The van der Waals surface area contributed by atoms with Gasteiger partial charge in [0.05, 0.1) is 11.5 Å². The monoisotopic (exact) mass is 275 g/mol. The number of nitrogens with two attached hydrogens (primary N) is 2. The molecule has 2 rings (SSSR count). The highest BCUT2D eigenvalue weighted by Crippen LogP contribution is 2.25. The number of hydrogen-bond donors (Lipinski definition) is 2. The number of carbonyl (C=O) groups excluding carboxylic acids is 2. The van der Waals surface area contributed by atoms with Gasteiger partial charge in [0.15, 0.2) is 0 Å². The second kappa shape index (κ2) is 5.53. The molecule has 1 heterocycles. The fourth-order valence-electron chi connectivity index (χ4n) is 2.63. The van der Waals surface area contributed by atoms with Crippen molar-refractivity contribution in [3.8, 4) is 0 Å². The molecule has 2 atom stereocenters. The van der Waals surface area contributed by atoms with E-state index >= 15 is 0 Å². The van der Waals surface area contributed by atoms with Crippen LogP contribution in [0, 0.1) is 12.8 Å². The van der Waals surface area contributed by atoms with Crippen molar-refractivity contribution in [1.82, 2.24) is 4.90 Å². The highest BCUT2D eigenvalue weighted by atomic mass is 16.2. The fraction of sp³-hybridized carbons (Fsp3) is 0.467. The van der Waals surface area contributed by atoms with E-state index < -0.39 is 0 Å². The number of nitrogens with zero attached hydrogens (tertiary/aromatic N) is 1. The van der Waals surface area contributed by atoms with Crippen molar-refractivity contribution in [1.29, 1.82) is 0 Å². The maximum atomic E-state index is 12.6. The first-order valence-corrected chi connectivity index (χ1v) is 6.86. The highest BCUT2D eigenvalue weighted by Gasteiger charge is 2.32. The van der Waals surface area contributed by atoms with E-state index in [1.165, 1.54) is 0 Å². The van der Waals surface area contributed by atoms with Crippen molar-refractivity contribution in [3.63, 3.8) is 0 Å². The second-order valence-electron chi connectivity index (χ2n) is 5.57. The molecule has 0 radical (unpaired) electrons. The quantitative estimate of drug-likeness (QED) is 0.797. The van der Waals surface area contributed by atoms with E-state index in [0.29, 0.717) is 17.8 Å². The number of piperidine rings is 1. The first kappa shape index (κ1) is 14.4. The SMILES string of the molecule is Cc1ccc(N)c(C(=O)N2CC(C(N)=O)CCC2C)c1. The number of benzene rings is 1. The number of primary amides is 1. The van der Waals surface area contributed by atoms with Gasteiger partial charge in [-0.2, -0.15) is 0 Å². The molecule has 1 saturated heterocycles. The number of carbonyl (C=O) groups is 2. The fourth-order valence-corrected chi connectivity index (χ4v) is 2.63. The molecule has 5 heteroatoms. The Morgan fingerprint density at radius 2 is 2.00 bits per heavy atom. The minimum absolute atomic E-state index is 0.0954. The lowest BCUT2D eigenvalue weighted by Gasteiger charge is -2.37. The Morgan fingerprint density at radius 1 is 1.30 bits per heavy atom. The van der Waals surface area contributed by atoms with Gasteiger partial charge in [0.1, 0.15) is 0 Å². The molecule has 0 spiro atoms. The molecule has 1 aliphatic rings. The van der Waals surface area contributed by atoms with Crippen LogP contribution in [0.15, 0.2) is 18.2 Å². The van der Waals surface area contributed by atoms with Gasteiger partial charge in [0.2, 0.25) is 5.91 Å². The smallest absolute Gasteiger partial charge is 0.256 e. The van der Waals surface area contributed by atoms with E-state index in [0.717, 1.165) is 18.4 Å². The maximum Gasteiger partial charge on any atom is 0.256 e. The summed E-state index contributed by atoms with van der Waals surface area (Å²) < 4.78 is 0. The molecule has 2 unspecified atom stereocenters. The van der Waals surface area contributed by atoms with Crippen molar-refractivity contribution in [2.24, 2.45) is 11.7 Å². The van der Waals surface area contributed by atoms with E-state index in [1.54, 1.807) is 17.0 Å². The summed E-state index contributed by atoms with van der Waals surface area (Å²) in [4.78, 5) is 25.7. The van der Waals surface area contributed by atoms with Crippen LogP contribution >= 0.6 is 0 Å². The molecule has 108 valence electrons. The molecular formula is C15H21N3O2. The lowest BCUT2D eigenvalue weighted by molar-refractivity contribution is -0.123. The normalized spacial score (nSPS) is 22.6. The summed E-state index contributed by atoms with van der Waals surface area (Å²) in [5.41, 5.74) is 13.2. The Kier molecular flexibility index (Phi) is 3.97. The molecule has 0 aliphatic carbocycles. The third-order valence-electron chi connectivity index (χ3n) is 3.98. The van der Waals surface area contributed by atoms with Crippen molar-refractivity contribution >= 4 is 17.5 Å². The van der Waals surface area contributed by atoms with Gasteiger partial charge < -0.3 is 16.4 Å². The first-order chi connectivity index (χ1) is 9.40. The summed E-state index contributed by atoms with van der Waals surface area (Å²) in [5, 5.41) is 0. The average molecular weight is 275 g/mol. The van der Waals surface area contributed by atoms with E-state index in [1.807, 2.05) is 19.9 Å². The Bertz CT molecular complexity index is 542. The van der Waals surface area contributed by atoms with E-state index in [2.05, 4.69) is 0 Å². The number of amides is 2. The van der Waals surface area contributed by atoms with Gasteiger partial charge in [-0.25, -0.2) is 0 Å². The zero-order valence-corrected chi connectivity index (χ0v) is 11.9. The van der Waals surface area contributed by atoms with E-state index in [9.17, 15) is 9.59 Å². The number of rotatable bonds is 2. The molecule has 1 aromatic rings. The first-order valence-electron chi connectivity index (χ1n) is 6.86. The standard InChI is InChI=1S/C15H21N3O2/c1-9-3-6-13(16)12(7-9)15(20)18-8-11(14(17)19)5-4-10(18)2/h3,6-7,10-11H,4-5,8,16H2,1-2H3,(H2,17,19). The zero-order valence-electron chi connectivity index (χ0n) is 11.9. The largest absolute Gasteiger partial charge is 0.398 e. The Labute approximate surface area is 118 Å². The minimum Gasteiger partial charge on any atom is -0.398 e. The topological polar surface area (TPSA) is 89.4 Å². The number of likely N-dealkylation sites (tertiary alicyclic amines) is 1. The van der Waals surface area contributed by atoms with Gasteiger partial charge in [0, 0.05) is 18.3 Å². The third-order valence-corrected chi connectivity index (χ3v) is 3.98. The Morgan fingerprint density at radius 3 is 2.65 bits per heavy atom. The highest BCUT2D eigenvalue weighted by molar-refractivity contribution is 5.99. The number of hydrogen-bond acceptors (Lipinski definition) is 3. The molecular weight excluding hydrogens is 254 g/mol. The molecule has 2 amide bonds. The Balaban J connectivity index is 2.26. The average Bonchev–Trinajstić information content (AvgIpc) is 2.41. The number of aryl methyl sites for hydroxylation is 1. The molecule has 0 saturated carbocycles. The molecule has 5 nitrogen and oxygen atoms in total. The zero-order chi connectivity index (χ0) is 14.9. The predicted molar refractivity (Wildman–Crippen MR) is 78.0 cm³/mol. The predicted octanol–water partition coefficient (Wildman–Crippen LogP) is 1.30. The lowest BCUT2D eigenvalue weighted by atomic mass is 9.92. The van der Waals surface area contributed by atoms with Gasteiger partial charge in [-0.05, 0) is 38.8 Å². The molecule has 0 bridgehead atoms. The van der Waals surface area contributed by atoms with Crippen molar-refractivity contribution in [2.75, 3.05) is 12.3 Å². The summed E-state index contributed by atoms with van der Waals surface area (Å²) in [5.74, 6) is -0.724. The molecule has 0 aromatic heterocycles. The summed E-state index contributed by atoms with van der Waals surface area (Å²) in [6.07, 6.45) is 1.52. The van der Waals surface area contributed by atoms with Crippen LogP contribution < -0.4 is 11.5 Å². The van der Waals surface area contributed by atoms with Crippen LogP contribution in [0.5, 0.6) is 0 Å². The molecule has 1 aliphatic heterocycles. The van der Waals surface area contributed by atoms with Crippen molar-refractivity contribution in [2.45, 2.75) is 32.7 Å². The number of anilines is 1. The molecule has 20 heavy (non-hydrogen) atoms. The molecule has 1 fully saturated rings. The maximum absolute atomic E-state index is 12.6. The summed E-state index contributed by atoms with van der Waals surface area (Å²) in [6.45, 7) is 4.28. The summed E-state index contributed by atoms with van der Waals surface area (Å²) in [6, 6.07) is 5.50. The van der Waals surface area contributed by atoms with Crippen LogP contribution in [-0.4, -0.2) is 29.3 Å². The summed E-state index contributed by atoms with van der Waals surface area (Å²) in [7, 11) is 0. The van der Waals surface area contributed by atoms with Crippen LogP contribution in [0.4, 0.5) is 5.69 Å². The van der Waals surface area contributed by atoms with Gasteiger partial charge in [-0.15, -0.1) is 0 Å². The molecule has 1 aromatic carbocycles. The van der Waals surface area contributed by atoms with Gasteiger partial charge >= 0.3 is 0 Å². The van der Waals surface area contributed by atoms with Crippen LogP contribution in [-0.2, 0) is 4.79 Å². The van der Waals surface area contributed by atoms with Crippen LogP contribution in [0.25, 0.3) is 0 Å². The number of nitrogen functional groups attached to an aromatic ring is 1. The van der Waals surface area contributed by atoms with Gasteiger partial charge in [0.25, 0.3) is 5.91 Å². The van der Waals surface area contributed by atoms with Crippen molar-refractivity contribution < 1.29 is 9.59 Å². The van der Waals surface area contributed by atoms with Crippen LogP contribution in [0.2, 0.25) is 0 Å². The van der Waals surface area contributed by atoms with Crippen LogP contribution in [0.1, 0.15) is 35.7 Å². The van der Waals surface area contributed by atoms with Gasteiger partial charge in [-0.1, -0.05) is 11.6 Å². The molecule has 4 N–H and O–H groups in total. The third kappa shape index (κ3) is 2.76. The van der Waals surface area contributed by atoms with Crippen molar-refractivity contribution in [3.05, 3.63) is 29.3 Å². The van der Waals surface area contributed by atoms with Gasteiger partial charge in [-0.3, -0.25) is 9.59 Å². The second-order valence-corrected chi connectivity index (χ2v) is 5.57. The minimum atomic E-state index is -0.341.